The van der Waals surface area contributed by atoms with E-state index in [2.05, 4.69) is 15.2 Å². The fourth-order valence-corrected chi connectivity index (χ4v) is 4.29. The van der Waals surface area contributed by atoms with Crippen molar-refractivity contribution in [2.45, 2.75) is 36.1 Å². The Morgan fingerprint density at radius 3 is 2.90 bits per heavy atom. The average Bonchev–Trinajstić information content (AvgIpc) is 2.94. The molecular weight excluding hydrogens is 310 g/mol. The summed E-state index contributed by atoms with van der Waals surface area (Å²) in [7, 11) is -3.48. The van der Waals surface area contributed by atoms with E-state index < -0.39 is 10.0 Å². The second-order valence-corrected chi connectivity index (χ2v) is 8.16. The second-order valence-electron chi connectivity index (χ2n) is 5.00. The van der Waals surface area contributed by atoms with E-state index in [1.807, 2.05) is 6.07 Å². The van der Waals surface area contributed by atoms with Gasteiger partial charge in [0.1, 0.15) is 4.21 Å². The quantitative estimate of drug-likeness (QED) is 0.768. The molecule has 0 saturated heterocycles. The SMILES string of the molecule is O=S(=O)(NCc1ccno1)c1ccc(CCNC2CC2)s1. The van der Waals surface area contributed by atoms with Crippen molar-refractivity contribution in [2.75, 3.05) is 6.54 Å². The van der Waals surface area contributed by atoms with Crippen LogP contribution in [-0.4, -0.2) is 26.2 Å². The van der Waals surface area contributed by atoms with Gasteiger partial charge in [-0.05, 0) is 31.4 Å². The first-order valence-corrected chi connectivity index (χ1v) is 9.15. The standard InChI is InChI=1S/C13H17N3O3S2/c17-21(18,16-9-11-5-8-15-19-11)13-4-3-12(20-13)6-7-14-10-1-2-10/h3-5,8,10,14,16H,1-2,6-7,9H2. The lowest BCUT2D eigenvalue weighted by Crippen LogP contribution is -2.22. The molecule has 114 valence electrons. The summed E-state index contributed by atoms with van der Waals surface area (Å²) in [6.45, 7) is 1.01. The number of hydrogen-bond donors (Lipinski definition) is 2. The smallest absolute Gasteiger partial charge is 0.250 e. The largest absolute Gasteiger partial charge is 0.360 e. The maximum Gasteiger partial charge on any atom is 0.250 e. The van der Waals surface area contributed by atoms with Crippen LogP contribution in [0, 0.1) is 0 Å². The first kappa shape index (κ1) is 14.7. The highest BCUT2D eigenvalue weighted by molar-refractivity contribution is 7.91. The summed E-state index contributed by atoms with van der Waals surface area (Å²) in [4.78, 5) is 1.07. The number of rotatable bonds is 8. The molecule has 2 aromatic heterocycles. The van der Waals surface area contributed by atoms with Crippen molar-refractivity contribution in [2.24, 2.45) is 0 Å². The molecule has 21 heavy (non-hydrogen) atoms. The van der Waals surface area contributed by atoms with Crippen LogP contribution in [0.25, 0.3) is 0 Å². The number of sulfonamides is 1. The van der Waals surface area contributed by atoms with Crippen LogP contribution in [0.15, 0.2) is 33.1 Å². The van der Waals surface area contributed by atoms with E-state index in [0.717, 1.165) is 17.8 Å². The molecule has 0 spiro atoms. The molecule has 1 aliphatic carbocycles. The number of aromatic nitrogens is 1. The van der Waals surface area contributed by atoms with Crippen LogP contribution in [0.3, 0.4) is 0 Å². The molecule has 0 aromatic carbocycles. The van der Waals surface area contributed by atoms with Crippen molar-refractivity contribution in [1.82, 2.24) is 15.2 Å². The summed E-state index contributed by atoms with van der Waals surface area (Å²) in [6, 6.07) is 5.84. The molecule has 0 radical (unpaired) electrons. The molecule has 2 N–H and O–H groups in total. The molecule has 2 heterocycles. The van der Waals surface area contributed by atoms with Gasteiger partial charge in [0.25, 0.3) is 0 Å². The molecule has 0 amide bonds. The van der Waals surface area contributed by atoms with E-state index in [-0.39, 0.29) is 6.54 Å². The molecule has 0 atom stereocenters. The fourth-order valence-electron chi connectivity index (χ4n) is 1.89. The van der Waals surface area contributed by atoms with Gasteiger partial charge in [-0.25, -0.2) is 13.1 Å². The molecule has 8 heteroatoms. The molecule has 0 unspecified atom stereocenters. The molecule has 0 aliphatic heterocycles. The predicted octanol–water partition coefficient (Wildman–Crippen LogP) is 1.51. The van der Waals surface area contributed by atoms with Gasteiger partial charge in [-0.2, -0.15) is 0 Å². The lowest BCUT2D eigenvalue weighted by Gasteiger charge is -2.02. The highest BCUT2D eigenvalue weighted by Gasteiger charge is 2.20. The highest BCUT2D eigenvalue weighted by atomic mass is 32.2. The summed E-state index contributed by atoms with van der Waals surface area (Å²) in [6.07, 6.45) is 4.86. The summed E-state index contributed by atoms with van der Waals surface area (Å²) in [5.74, 6) is 0.490. The molecule has 6 nitrogen and oxygen atoms in total. The monoisotopic (exact) mass is 327 g/mol. The Kier molecular flexibility index (Phi) is 4.39. The third-order valence-corrected chi connectivity index (χ3v) is 6.25. The Bertz CT molecular complexity index is 675. The Balaban J connectivity index is 1.55. The average molecular weight is 327 g/mol. The van der Waals surface area contributed by atoms with Gasteiger partial charge in [0, 0.05) is 23.5 Å². The first-order valence-electron chi connectivity index (χ1n) is 6.85. The lowest BCUT2D eigenvalue weighted by atomic mass is 10.3. The van der Waals surface area contributed by atoms with Crippen LogP contribution < -0.4 is 10.0 Å². The zero-order valence-corrected chi connectivity index (χ0v) is 13.0. The van der Waals surface area contributed by atoms with Crippen LogP contribution in [0.2, 0.25) is 0 Å². The van der Waals surface area contributed by atoms with Crippen molar-refractivity contribution < 1.29 is 12.9 Å². The van der Waals surface area contributed by atoms with Crippen LogP contribution >= 0.6 is 11.3 Å². The van der Waals surface area contributed by atoms with E-state index >= 15 is 0 Å². The zero-order valence-electron chi connectivity index (χ0n) is 11.4. The molecule has 2 aromatic rings. The van der Waals surface area contributed by atoms with Gasteiger partial charge >= 0.3 is 0 Å². The third-order valence-electron chi connectivity index (χ3n) is 3.21. The summed E-state index contributed by atoms with van der Waals surface area (Å²) in [5, 5.41) is 6.96. The minimum Gasteiger partial charge on any atom is -0.360 e. The summed E-state index contributed by atoms with van der Waals surface area (Å²) < 4.78 is 32.0. The highest BCUT2D eigenvalue weighted by Crippen LogP contribution is 2.23. The number of nitrogens with zero attached hydrogens (tertiary/aromatic N) is 1. The van der Waals surface area contributed by atoms with Gasteiger partial charge in [-0.1, -0.05) is 5.16 Å². The second kappa shape index (κ2) is 6.27. The Hall–Kier alpha value is -1.22. The molecule has 1 saturated carbocycles. The summed E-state index contributed by atoms with van der Waals surface area (Å²) >= 11 is 1.31. The zero-order chi connectivity index (χ0) is 14.7. The van der Waals surface area contributed by atoms with Gasteiger partial charge in [-0.3, -0.25) is 0 Å². The lowest BCUT2D eigenvalue weighted by molar-refractivity contribution is 0.380. The van der Waals surface area contributed by atoms with E-state index in [1.165, 1.54) is 30.4 Å². The minimum atomic E-state index is -3.48. The van der Waals surface area contributed by atoms with Gasteiger partial charge < -0.3 is 9.84 Å². The Morgan fingerprint density at radius 1 is 1.33 bits per heavy atom. The van der Waals surface area contributed by atoms with Crippen LogP contribution in [0.4, 0.5) is 0 Å². The van der Waals surface area contributed by atoms with E-state index in [4.69, 9.17) is 4.52 Å². The van der Waals surface area contributed by atoms with Gasteiger partial charge in [0.05, 0.1) is 12.7 Å². The third kappa shape index (κ3) is 4.13. The molecule has 1 fully saturated rings. The van der Waals surface area contributed by atoms with Crippen molar-refractivity contribution in [3.8, 4) is 0 Å². The number of nitrogens with one attached hydrogen (secondary N) is 2. The fraction of sp³-hybridized carbons (Fsp3) is 0.462. The topological polar surface area (TPSA) is 84.2 Å². The van der Waals surface area contributed by atoms with Gasteiger partial charge in [-0.15, -0.1) is 11.3 Å². The van der Waals surface area contributed by atoms with E-state index in [0.29, 0.717) is 16.0 Å². The number of hydrogen-bond acceptors (Lipinski definition) is 6. The maximum atomic E-state index is 12.2. The normalized spacial score (nSPS) is 15.4. The van der Waals surface area contributed by atoms with Crippen molar-refractivity contribution in [1.29, 1.82) is 0 Å². The van der Waals surface area contributed by atoms with Crippen LogP contribution in [-0.2, 0) is 23.0 Å². The summed E-state index contributed by atoms with van der Waals surface area (Å²) in [5.41, 5.74) is 0. The molecular formula is C13H17N3O3S2. The number of thiophene rings is 1. The molecule has 0 bridgehead atoms. The van der Waals surface area contributed by atoms with Crippen molar-refractivity contribution in [3.63, 3.8) is 0 Å². The van der Waals surface area contributed by atoms with Crippen molar-refractivity contribution in [3.05, 3.63) is 35.0 Å². The Morgan fingerprint density at radius 2 is 2.19 bits per heavy atom. The first-order chi connectivity index (χ1) is 10.1. The van der Waals surface area contributed by atoms with Crippen molar-refractivity contribution >= 4 is 21.4 Å². The van der Waals surface area contributed by atoms with Gasteiger partial charge in [0.15, 0.2) is 5.76 Å². The predicted molar refractivity (Wildman–Crippen MR) is 79.6 cm³/mol. The molecule has 3 rings (SSSR count). The minimum absolute atomic E-state index is 0.110. The van der Waals surface area contributed by atoms with Crippen LogP contribution in [0.1, 0.15) is 23.5 Å². The van der Waals surface area contributed by atoms with E-state index in [9.17, 15) is 8.42 Å². The molecule has 1 aliphatic rings. The van der Waals surface area contributed by atoms with Crippen LogP contribution in [0.5, 0.6) is 0 Å². The van der Waals surface area contributed by atoms with Gasteiger partial charge in [0.2, 0.25) is 10.0 Å². The van der Waals surface area contributed by atoms with E-state index in [1.54, 1.807) is 12.1 Å². The Labute approximate surface area is 127 Å². The maximum absolute atomic E-state index is 12.2.